The van der Waals surface area contributed by atoms with E-state index in [4.69, 9.17) is 0 Å². The molecule has 1 aromatic heterocycles. The van der Waals surface area contributed by atoms with Gasteiger partial charge >= 0.3 is 0 Å². The average Bonchev–Trinajstić information content (AvgIpc) is 2.67. The highest BCUT2D eigenvalue weighted by Crippen LogP contribution is 2.19. The van der Waals surface area contributed by atoms with Crippen LogP contribution < -0.4 is 0 Å². The molecule has 0 saturated carbocycles. The molecule has 0 radical (unpaired) electrons. The summed E-state index contributed by atoms with van der Waals surface area (Å²) in [5.74, 6) is 0.188. The van der Waals surface area contributed by atoms with Crippen molar-refractivity contribution in [2.45, 2.75) is 25.7 Å². The van der Waals surface area contributed by atoms with Crippen LogP contribution in [-0.4, -0.2) is 28.5 Å². The molecule has 3 rings (SSSR count). The molecule has 1 fully saturated rings. The second-order valence-electron chi connectivity index (χ2n) is 5.41. The summed E-state index contributed by atoms with van der Waals surface area (Å²) in [7, 11) is 2.03. The zero-order valence-corrected chi connectivity index (χ0v) is 11.4. The van der Waals surface area contributed by atoms with Gasteiger partial charge in [-0.05, 0) is 37.1 Å². The van der Waals surface area contributed by atoms with E-state index in [1.165, 1.54) is 18.4 Å². The van der Waals surface area contributed by atoms with Gasteiger partial charge in [0.25, 0.3) is 5.91 Å². The monoisotopic (exact) mass is 256 g/mol. The SMILES string of the molecule is Cn1ccc2cc(C(=O)N3CCCCCC3)ccc21. The van der Waals surface area contributed by atoms with Gasteiger partial charge in [0.15, 0.2) is 0 Å². The first-order chi connectivity index (χ1) is 9.25. The van der Waals surface area contributed by atoms with Crippen molar-refractivity contribution in [3.63, 3.8) is 0 Å². The number of hydrogen-bond acceptors (Lipinski definition) is 1. The first kappa shape index (κ1) is 12.3. The predicted octanol–water partition coefficient (Wildman–Crippen LogP) is 3.19. The van der Waals surface area contributed by atoms with Crippen molar-refractivity contribution in [2.75, 3.05) is 13.1 Å². The van der Waals surface area contributed by atoms with E-state index in [-0.39, 0.29) is 5.91 Å². The second kappa shape index (κ2) is 5.08. The Kier molecular flexibility index (Phi) is 3.28. The topological polar surface area (TPSA) is 25.2 Å². The van der Waals surface area contributed by atoms with E-state index in [1.54, 1.807) is 0 Å². The fourth-order valence-electron chi connectivity index (χ4n) is 2.87. The minimum atomic E-state index is 0.188. The largest absolute Gasteiger partial charge is 0.351 e. The third-order valence-corrected chi connectivity index (χ3v) is 4.03. The Morgan fingerprint density at radius 3 is 2.53 bits per heavy atom. The fraction of sp³-hybridized carbons (Fsp3) is 0.438. The molecule has 1 aliphatic rings. The molecule has 1 amide bonds. The van der Waals surface area contributed by atoms with Gasteiger partial charge in [-0.2, -0.15) is 0 Å². The summed E-state index contributed by atoms with van der Waals surface area (Å²) >= 11 is 0. The van der Waals surface area contributed by atoms with Crippen LogP contribution in [0.2, 0.25) is 0 Å². The zero-order chi connectivity index (χ0) is 13.2. The van der Waals surface area contributed by atoms with Gasteiger partial charge in [-0.25, -0.2) is 0 Å². The van der Waals surface area contributed by atoms with Crippen molar-refractivity contribution >= 4 is 16.8 Å². The minimum Gasteiger partial charge on any atom is -0.351 e. The zero-order valence-electron chi connectivity index (χ0n) is 11.4. The molecule has 0 aliphatic carbocycles. The van der Waals surface area contributed by atoms with Gasteiger partial charge in [-0.3, -0.25) is 4.79 Å². The van der Waals surface area contributed by atoms with Gasteiger partial charge in [0.2, 0.25) is 0 Å². The summed E-state index contributed by atoms with van der Waals surface area (Å²) in [6, 6.07) is 8.08. The Morgan fingerprint density at radius 1 is 1.05 bits per heavy atom. The Bertz CT molecular complexity index is 592. The number of benzene rings is 1. The normalized spacial score (nSPS) is 16.6. The number of likely N-dealkylation sites (tertiary alicyclic amines) is 1. The van der Waals surface area contributed by atoms with Gasteiger partial charge in [0.05, 0.1) is 0 Å². The van der Waals surface area contributed by atoms with Crippen LogP contribution >= 0.6 is 0 Å². The van der Waals surface area contributed by atoms with Crippen LogP contribution in [0.15, 0.2) is 30.5 Å². The van der Waals surface area contributed by atoms with Crippen molar-refractivity contribution in [2.24, 2.45) is 7.05 Å². The molecule has 2 aromatic rings. The highest BCUT2D eigenvalue weighted by molar-refractivity contribution is 5.98. The molecule has 0 spiro atoms. The number of aromatic nitrogens is 1. The number of aryl methyl sites for hydroxylation is 1. The highest BCUT2D eigenvalue weighted by atomic mass is 16.2. The Balaban J connectivity index is 1.88. The van der Waals surface area contributed by atoms with Gasteiger partial charge in [0, 0.05) is 42.8 Å². The molecule has 0 N–H and O–H groups in total. The summed E-state index contributed by atoms with van der Waals surface area (Å²) in [5, 5.41) is 1.14. The number of carbonyl (C=O) groups is 1. The summed E-state index contributed by atoms with van der Waals surface area (Å²) in [6.07, 6.45) is 6.81. The van der Waals surface area contributed by atoms with Gasteiger partial charge in [-0.15, -0.1) is 0 Å². The van der Waals surface area contributed by atoms with Crippen molar-refractivity contribution in [1.82, 2.24) is 9.47 Å². The van der Waals surface area contributed by atoms with Gasteiger partial charge in [-0.1, -0.05) is 12.8 Å². The maximum atomic E-state index is 12.5. The second-order valence-corrected chi connectivity index (χ2v) is 5.41. The summed E-state index contributed by atoms with van der Waals surface area (Å²) in [6.45, 7) is 1.82. The molecule has 1 aromatic carbocycles. The lowest BCUT2D eigenvalue weighted by molar-refractivity contribution is 0.0762. The summed E-state index contributed by atoms with van der Waals surface area (Å²) < 4.78 is 2.08. The third-order valence-electron chi connectivity index (χ3n) is 4.03. The number of nitrogens with zero attached hydrogens (tertiary/aromatic N) is 2. The molecule has 1 aliphatic heterocycles. The van der Waals surface area contributed by atoms with E-state index in [1.807, 2.05) is 36.3 Å². The highest BCUT2D eigenvalue weighted by Gasteiger charge is 2.17. The van der Waals surface area contributed by atoms with E-state index in [0.717, 1.165) is 36.9 Å². The predicted molar refractivity (Wildman–Crippen MR) is 77.3 cm³/mol. The van der Waals surface area contributed by atoms with Crippen LogP contribution in [0.4, 0.5) is 0 Å². The van der Waals surface area contributed by atoms with Crippen LogP contribution in [0.1, 0.15) is 36.0 Å². The molecular weight excluding hydrogens is 236 g/mol. The van der Waals surface area contributed by atoms with Crippen LogP contribution in [-0.2, 0) is 7.05 Å². The van der Waals surface area contributed by atoms with Crippen LogP contribution in [0, 0.1) is 0 Å². The molecule has 3 heteroatoms. The summed E-state index contributed by atoms with van der Waals surface area (Å²) in [4.78, 5) is 14.5. The first-order valence-corrected chi connectivity index (χ1v) is 7.10. The molecule has 19 heavy (non-hydrogen) atoms. The maximum absolute atomic E-state index is 12.5. The van der Waals surface area contributed by atoms with Gasteiger partial charge in [0.1, 0.15) is 0 Å². The lowest BCUT2D eigenvalue weighted by atomic mass is 10.1. The lowest BCUT2D eigenvalue weighted by Gasteiger charge is -2.20. The number of rotatable bonds is 1. The van der Waals surface area contributed by atoms with Crippen molar-refractivity contribution in [3.8, 4) is 0 Å². The lowest BCUT2D eigenvalue weighted by Crippen LogP contribution is -2.31. The number of amides is 1. The Labute approximate surface area is 113 Å². The van der Waals surface area contributed by atoms with E-state index >= 15 is 0 Å². The summed E-state index contributed by atoms with van der Waals surface area (Å²) in [5.41, 5.74) is 1.99. The molecule has 0 unspecified atom stereocenters. The van der Waals surface area contributed by atoms with Crippen molar-refractivity contribution < 1.29 is 4.79 Å². The average molecular weight is 256 g/mol. The van der Waals surface area contributed by atoms with E-state index in [9.17, 15) is 4.79 Å². The number of carbonyl (C=O) groups excluding carboxylic acids is 1. The van der Waals surface area contributed by atoms with E-state index in [0.29, 0.717) is 0 Å². The minimum absolute atomic E-state index is 0.188. The van der Waals surface area contributed by atoms with E-state index < -0.39 is 0 Å². The Morgan fingerprint density at radius 2 is 1.79 bits per heavy atom. The van der Waals surface area contributed by atoms with Gasteiger partial charge < -0.3 is 9.47 Å². The van der Waals surface area contributed by atoms with E-state index in [2.05, 4.69) is 10.6 Å². The molecule has 1 saturated heterocycles. The Hall–Kier alpha value is -1.77. The quantitative estimate of drug-likeness (QED) is 0.769. The standard InChI is InChI=1S/C16H20N2O/c1-17-11-8-13-12-14(6-7-15(13)17)16(19)18-9-4-2-3-5-10-18/h6-8,11-12H,2-5,9-10H2,1H3. The molecular formula is C16H20N2O. The van der Waals surface area contributed by atoms with Crippen LogP contribution in [0.3, 0.4) is 0 Å². The molecule has 3 nitrogen and oxygen atoms in total. The number of hydrogen-bond donors (Lipinski definition) is 0. The molecule has 0 bridgehead atoms. The molecule has 2 heterocycles. The number of fused-ring (bicyclic) bond motifs is 1. The van der Waals surface area contributed by atoms with Crippen LogP contribution in [0.25, 0.3) is 10.9 Å². The fourth-order valence-corrected chi connectivity index (χ4v) is 2.87. The first-order valence-electron chi connectivity index (χ1n) is 7.10. The van der Waals surface area contributed by atoms with Crippen molar-refractivity contribution in [1.29, 1.82) is 0 Å². The smallest absolute Gasteiger partial charge is 0.253 e. The van der Waals surface area contributed by atoms with Crippen LogP contribution in [0.5, 0.6) is 0 Å². The van der Waals surface area contributed by atoms with Crippen molar-refractivity contribution in [3.05, 3.63) is 36.0 Å². The molecule has 100 valence electrons. The molecule has 0 atom stereocenters. The maximum Gasteiger partial charge on any atom is 0.253 e. The third kappa shape index (κ3) is 2.37.